The van der Waals surface area contributed by atoms with E-state index in [1.54, 1.807) is 41.3 Å². The molecule has 0 radical (unpaired) electrons. The Kier molecular flexibility index (Phi) is 6.87. The molecule has 2 aromatic carbocycles. The molecule has 0 aliphatic carbocycles. The molecule has 2 aromatic rings. The lowest BCUT2D eigenvalue weighted by Gasteiger charge is -2.35. The van der Waals surface area contributed by atoms with Gasteiger partial charge in [-0.25, -0.2) is 0 Å². The van der Waals surface area contributed by atoms with Crippen molar-refractivity contribution < 1.29 is 29.0 Å². The van der Waals surface area contributed by atoms with Crippen molar-refractivity contribution in [3.8, 4) is 0 Å². The van der Waals surface area contributed by atoms with Crippen LogP contribution in [0.25, 0.3) is 0 Å². The molecular formula is C23H25N5O6. The number of nitrogens with zero attached hydrogens (tertiary/aromatic N) is 2. The number of nitrogen functional groups attached to an aromatic ring is 1. The fraction of sp³-hybridized carbons (Fsp3) is 0.304. The van der Waals surface area contributed by atoms with Crippen LogP contribution in [0.3, 0.4) is 0 Å². The van der Waals surface area contributed by atoms with Crippen molar-refractivity contribution in [3.05, 3.63) is 54.1 Å². The number of carbonyl (C=O) groups is 3. The number of aliphatic hydroxyl groups is 1. The highest BCUT2D eigenvalue weighted by Gasteiger charge is 2.39. The summed E-state index contributed by atoms with van der Waals surface area (Å²) in [6, 6.07) is 13.1. The van der Waals surface area contributed by atoms with Gasteiger partial charge in [0.25, 0.3) is 17.7 Å². The zero-order valence-electron chi connectivity index (χ0n) is 18.3. The number of rotatable bonds is 6. The number of amides is 3. The fourth-order valence-electron chi connectivity index (χ4n) is 3.80. The SMILES string of the molecule is N=C(N)c1ccc(NC(=O)C(O)[C@H]2OCCN(c3cccc(N4CCOCC4=O)c3)C2=O)cc1. The Morgan fingerprint density at radius 1 is 1.09 bits per heavy atom. The first-order valence-corrected chi connectivity index (χ1v) is 10.7. The van der Waals surface area contributed by atoms with Gasteiger partial charge in [-0.1, -0.05) is 6.07 Å². The number of ether oxygens (including phenoxy) is 2. The standard InChI is InChI=1S/C23H25N5O6/c24-21(25)14-4-6-15(7-5-14)26-22(31)19(30)20-23(32)28(9-11-34-20)17-3-1-2-16(12-17)27-8-10-33-13-18(27)29/h1-7,12,19-20,30H,8-11,13H2,(H3,24,25)(H,26,31)/t19?,20-/m1/s1. The average molecular weight is 467 g/mol. The predicted molar refractivity (Wildman–Crippen MR) is 124 cm³/mol. The van der Waals surface area contributed by atoms with Crippen molar-refractivity contribution >= 4 is 40.6 Å². The van der Waals surface area contributed by atoms with Crippen LogP contribution in [0.1, 0.15) is 5.56 Å². The van der Waals surface area contributed by atoms with Crippen LogP contribution in [0.5, 0.6) is 0 Å². The summed E-state index contributed by atoms with van der Waals surface area (Å²) < 4.78 is 10.6. The van der Waals surface area contributed by atoms with Crippen molar-refractivity contribution in [1.82, 2.24) is 0 Å². The van der Waals surface area contributed by atoms with Crippen molar-refractivity contribution in [2.24, 2.45) is 5.73 Å². The second-order valence-electron chi connectivity index (χ2n) is 7.82. The fourth-order valence-corrected chi connectivity index (χ4v) is 3.80. The molecule has 178 valence electrons. The summed E-state index contributed by atoms with van der Waals surface area (Å²) in [6.45, 7) is 1.19. The monoisotopic (exact) mass is 467 g/mol. The molecule has 2 aliphatic rings. The summed E-state index contributed by atoms with van der Waals surface area (Å²) in [4.78, 5) is 40.9. The van der Waals surface area contributed by atoms with Crippen LogP contribution in [0, 0.1) is 5.41 Å². The highest BCUT2D eigenvalue weighted by atomic mass is 16.5. The lowest BCUT2D eigenvalue weighted by atomic mass is 10.1. The van der Waals surface area contributed by atoms with Gasteiger partial charge in [-0.2, -0.15) is 0 Å². The Hall–Kier alpha value is -3.80. The summed E-state index contributed by atoms with van der Waals surface area (Å²) in [7, 11) is 0. The minimum Gasteiger partial charge on any atom is -0.384 e. The summed E-state index contributed by atoms with van der Waals surface area (Å²) in [6.07, 6.45) is -3.13. The first-order valence-electron chi connectivity index (χ1n) is 10.7. The first kappa shape index (κ1) is 23.4. The maximum absolute atomic E-state index is 13.1. The summed E-state index contributed by atoms with van der Waals surface area (Å²) in [5.74, 6) is -1.64. The maximum atomic E-state index is 13.1. The quantitative estimate of drug-likeness (QED) is 0.346. The molecule has 5 N–H and O–H groups in total. The topological polar surface area (TPSA) is 158 Å². The first-order chi connectivity index (χ1) is 16.3. The number of hydrogen-bond acceptors (Lipinski definition) is 7. The van der Waals surface area contributed by atoms with Gasteiger partial charge in [0.2, 0.25) is 0 Å². The summed E-state index contributed by atoms with van der Waals surface area (Å²) in [5, 5.41) is 20.5. The van der Waals surface area contributed by atoms with E-state index in [9.17, 15) is 19.5 Å². The van der Waals surface area contributed by atoms with Crippen molar-refractivity contribution in [1.29, 1.82) is 5.41 Å². The predicted octanol–water partition coefficient (Wildman–Crippen LogP) is 0.0653. The van der Waals surface area contributed by atoms with Crippen molar-refractivity contribution in [2.75, 3.05) is 48.0 Å². The van der Waals surface area contributed by atoms with Crippen LogP contribution >= 0.6 is 0 Å². The van der Waals surface area contributed by atoms with E-state index >= 15 is 0 Å². The molecular weight excluding hydrogens is 442 g/mol. The molecule has 2 aliphatic heterocycles. The second-order valence-corrected chi connectivity index (χ2v) is 7.82. The highest BCUT2D eigenvalue weighted by Crippen LogP contribution is 2.26. The smallest absolute Gasteiger partial charge is 0.259 e. The minimum absolute atomic E-state index is 0.00156. The van der Waals surface area contributed by atoms with E-state index in [4.69, 9.17) is 20.6 Å². The largest absolute Gasteiger partial charge is 0.384 e. The van der Waals surface area contributed by atoms with Crippen molar-refractivity contribution in [2.45, 2.75) is 12.2 Å². The molecule has 3 amide bonds. The van der Waals surface area contributed by atoms with Crippen LogP contribution in [0.15, 0.2) is 48.5 Å². The van der Waals surface area contributed by atoms with Gasteiger partial charge in [0.05, 0.1) is 13.2 Å². The number of carbonyl (C=O) groups excluding carboxylic acids is 3. The van der Waals surface area contributed by atoms with Gasteiger partial charge >= 0.3 is 0 Å². The minimum atomic E-state index is -1.74. The Morgan fingerprint density at radius 3 is 2.44 bits per heavy atom. The van der Waals surface area contributed by atoms with Gasteiger partial charge in [0.1, 0.15) is 12.4 Å². The average Bonchev–Trinajstić information content (AvgIpc) is 2.84. The third-order valence-corrected chi connectivity index (χ3v) is 5.58. The molecule has 0 spiro atoms. The number of morpholine rings is 2. The van der Waals surface area contributed by atoms with E-state index in [1.807, 2.05) is 0 Å². The lowest BCUT2D eigenvalue weighted by molar-refractivity contribution is -0.150. The van der Waals surface area contributed by atoms with Gasteiger partial charge in [-0.15, -0.1) is 0 Å². The Morgan fingerprint density at radius 2 is 1.76 bits per heavy atom. The molecule has 2 saturated heterocycles. The van der Waals surface area contributed by atoms with E-state index in [2.05, 4.69) is 5.32 Å². The molecule has 0 saturated carbocycles. The van der Waals surface area contributed by atoms with Gasteiger partial charge in [0, 0.05) is 35.7 Å². The van der Waals surface area contributed by atoms with Crippen LogP contribution < -0.4 is 20.9 Å². The van der Waals surface area contributed by atoms with E-state index in [0.717, 1.165) is 0 Å². The number of anilines is 3. The summed E-state index contributed by atoms with van der Waals surface area (Å²) in [5.41, 5.74) is 7.44. The zero-order valence-corrected chi connectivity index (χ0v) is 18.3. The van der Waals surface area contributed by atoms with Crippen LogP contribution in [0.2, 0.25) is 0 Å². The molecule has 2 atom stereocenters. The summed E-state index contributed by atoms with van der Waals surface area (Å²) >= 11 is 0. The normalized spacial score (nSPS) is 19.6. The van der Waals surface area contributed by atoms with Crippen LogP contribution in [-0.2, 0) is 23.9 Å². The third-order valence-electron chi connectivity index (χ3n) is 5.58. The molecule has 4 rings (SSSR count). The number of hydrogen-bond donors (Lipinski definition) is 4. The number of nitrogens with one attached hydrogen (secondary N) is 2. The Labute approximate surface area is 195 Å². The maximum Gasteiger partial charge on any atom is 0.259 e. The molecule has 0 bridgehead atoms. The highest BCUT2D eigenvalue weighted by molar-refractivity contribution is 6.04. The van der Waals surface area contributed by atoms with Gasteiger partial charge in [-0.05, 0) is 42.5 Å². The number of benzene rings is 2. The molecule has 34 heavy (non-hydrogen) atoms. The van der Waals surface area contributed by atoms with Crippen LogP contribution in [-0.4, -0.2) is 73.8 Å². The lowest BCUT2D eigenvalue weighted by Crippen LogP contribution is -2.55. The molecule has 11 heteroatoms. The van der Waals surface area contributed by atoms with Gasteiger partial charge in [0.15, 0.2) is 12.2 Å². The number of aliphatic hydroxyl groups excluding tert-OH is 1. The number of nitrogens with two attached hydrogens (primary N) is 1. The molecule has 0 aromatic heterocycles. The van der Waals surface area contributed by atoms with Gasteiger partial charge < -0.3 is 35.4 Å². The molecule has 1 unspecified atom stereocenters. The molecule has 11 nitrogen and oxygen atoms in total. The van der Waals surface area contributed by atoms with E-state index in [-0.39, 0.29) is 31.5 Å². The Bertz CT molecular complexity index is 1110. The number of amidine groups is 1. The second kappa shape index (κ2) is 10.00. The van der Waals surface area contributed by atoms with Crippen molar-refractivity contribution in [3.63, 3.8) is 0 Å². The molecule has 2 fully saturated rings. The van der Waals surface area contributed by atoms with E-state index in [0.29, 0.717) is 35.8 Å². The third kappa shape index (κ3) is 4.91. The van der Waals surface area contributed by atoms with E-state index in [1.165, 1.54) is 17.0 Å². The molecule has 2 heterocycles. The zero-order chi connectivity index (χ0) is 24.2. The van der Waals surface area contributed by atoms with Crippen LogP contribution in [0.4, 0.5) is 17.1 Å². The van der Waals surface area contributed by atoms with E-state index < -0.39 is 24.0 Å². The van der Waals surface area contributed by atoms with Gasteiger partial charge in [-0.3, -0.25) is 19.8 Å². The Balaban J connectivity index is 1.46.